The third-order valence-electron chi connectivity index (χ3n) is 3.81. The van der Waals surface area contributed by atoms with E-state index in [0.717, 1.165) is 21.5 Å². The highest BCUT2D eigenvalue weighted by atomic mass is 17.0. The van der Waals surface area contributed by atoms with Gasteiger partial charge in [0.2, 0.25) is 0 Å². The molecule has 1 radical (unpaired) electrons. The summed E-state index contributed by atoms with van der Waals surface area (Å²) < 4.78 is 21.6. The van der Waals surface area contributed by atoms with Crippen molar-refractivity contribution in [2.24, 2.45) is 0 Å². The summed E-state index contributed by atoms with van der Waals surface area (Å²) in [7, 11) is 0. The Labute approximate surface area is 123 Å². The fourth-order valence-electron chi connectivity index (χ4n) is 2.79. The molecular formula is C18H9O4. The first-order chi connectivity index (χ1) is 10.9. The molecule has 0 unspecified atom stereocenters. The van der Waals surface area contributed by atoms with E-state index in [-0.39, 0.29) is 0 Å². The number of hydrogen-bond acceptors (Lipinski definition) is 4. The molecule has 0 spiro atoms. The topological polar surface area (TPSA) is 52.6 Å². The van der Waals surface area contributed by atoms with Gasteiger partial charge < -0.3 is 0 Å². The van der Waals surface area contributed by atoms with Crippen molar-refractivity contribution < 1.29 is 18.3 Å². The number of rotatable bonds is 0. The Balaban J connectivity index is 2.11. The van der Waals surface area contributed by atoms with E-state index in [4.69, 9.17) is 18.3 Å². The molecular weight excluding hydrogens is 280 g/mol. The first kappa shape index (κ1) is 11.5. The van der Waals surface area contributed by atoms with Crippen LogP contribution in [0.3, 0.4) is 0 Å². The molecule has 2 aromatic heterocycles. The highest BCUT2D eigenvalue weighted by Gasteiger charge is 2.14. The Morgan fingerprint density at radius 1 is 0.636 bits per heavy atom. The van der Waals surface area contributed by atoms with E-state index in [9.17, 15) is 0 Å². The van der Waals surface area contributed by atoms with Gasteiger partial charge in [-0.15, -0.1) is 0 Å². The predicted octanol–water partition coefficient (Wildman–Crippen LogP) is 5.60. The van der Waals surface area contributed by atoms with Crippen LogP contribution in [0.1, 0.15) is 0 Å². The zero-order chi connectivity index (χ0) is 14.5. The molecule has 0 N–H and O–H groups in total. The second-order valence-electron chi connectivity index (χ2n) is 5.06. The van der Waals surface area contributed by atoms with E-state index in [1.54, 1.807) is 0 Å². The monoisotopic (exact) mass is 289 g/mol. The van der Waals surface area contributed by atoms with Crippen LogP contribution in [0.2, 0.25) is 0 Å². The molecule has 4 heteroatoms. The Morgan fingerprint density at radius 2 is 1.32 bits per heavy atom. The van der Waals surface area contributed by atoms with Crippen molar-refractivity contribution in [3.8, 4) is 0 Å². The van der Waals surface area contributed by atoms with Crippen LogP contribution < -0.4 is 0 Å². The van der Waals surface area contributed by atoms with Crippen molar-refractivity contribution in [1.82, 2.24) is 0 Å². The first-order valence-corrected chi connectivity index (χ1v) is 6.88. The molecule has 0 fully saturated rings. The second-order valence-corrected chi connectivity index (χ2v) is 5.06. The van der Waals surface area contributed by atoms with Gasteiger partial charge in [-0.25, -0.2) is 0 Å². The molecule has 0 saturated heterocycles. The molecule has 0 bridgehead atoms. The minimum Gasteiger partial charge on any atom is -0.289 e. The SMILES string of the molecule is [c]1cc2c3ccccc3ooc2c2c1ooc1ccccc12. The molecule has 0 atom stereocenters. The van der Waals surface area contributed by atoms with E-state index in [1.807, 2.05) is 54.6 Å². The molecule has 0 aliphatic carbocycles. The second kappa shape index (κ2) is 4.18. The van der Waals surface area contributed by atoms with Gasteiger partial charge in [-0.1, -0.05) is 36.4 Å². The van der Waals surface area contributed by atoms with Crippen LogP contribution in [0.25, 0.3) is 43.9 Å². The van der Waals surface area contributed by atoms with Gasteiger partial charge in [0.05, 0.1) is 5.39 Å². The van der Waals surface area contributed by atoms with Crippen molar-refractivity contribution in [1.29, 1.82) is 0 Å². The average molecular weight is 289 g/mol. The van der Waals surface area contributed by atoms with E-state index < -0.39 is 0 Å². The van der Waals surface area contributed by atoms with E-state index in [0.29, 0.717) is 22.3 Å². The average Bonchev–Trinajstić information content (AvgIpc) is 2.60. The van der Waals surface area contributed by atoms with Crippen LogP contribution in [-0.2, 0) is 0 Å². The zero-order valence-electron chi connectivity index (χ0n) is 11.3. The van der Waals surface area contributed by atoms with Gasteiger partial charge in [0, 0.05) is 22.2 Å². The summed E-state index contributed by atoms with van der Waals surface area (Å²) in [5.41, 5.74) is 2.42. The van der Waals surface area contributed by atoms with Crippen molar-refractivity contribution in [3.63, 3.8) is 0 Å². The van der Waals surface area contributed by atoms with Crippen LogP contribution in [0.15, 0.2) is 72.9 Å². The molecule has 3 aromatic carbocycles. The van der Waals surface area contributed by atoms with Crippen LogP contribution in [0.5, 0.6) is 0 Å². The van der Waals surface area contributed by atoms with E-state index >= 15 is 0 Å². The standard InChI is InChI=1S/C18H9O4/c1-3-7-14-11(5-1)12-9-10-16-17(18(12)22-20-14)13-6-2-4-8-15(13)19-21-16/h1-9H. The maximum Gasteiger partial charge on any atom is 0.198 e. The molecule has 0 aliphatic rings. The molecule has 4 nitrogen and oxygen atoms in total. The lowest BCUT2D eigenvalue weighted by Crippen LogP contribution is -1.83. The lowest BCUT2D eigenvalue weighted by Gasteiger charge is -2.05. The van der Waals surface area contributed by atoms with Gasteiger partial charge in [0.25, 0.3) is 0 Å². The molecule has 0 saturated carbocycles. The summed E-state index contributed by atoms with van der Waals surface area (Å²) in [6.07, 6.45) is 0. The maximum absolute atomic E-state index is 5.55. The molecule has 0 amide bonds. The minimum absolute atomic E-state index is 0.487. The van der Waals surface area contributed by atoms with Crippen LogP contribution in [-0.4, -0.2) is 0 Å². The molecule has 22 heavy (non-hydrogen) atoms. The van der Waals surface area contributed by atoms with Crippen molar-refractivity contribution in [2.45, 2.75) is 0 Å². The van der Waals surface area contributed by atoms with Gasteiger partial charge in [0.15, 0.2) is 22.3 Å². The zero-order valence-corrected chi connectivity index (χ0v) is 11.3. The predicted molar refractivity (Wildman–Crippen MR) is 82.0 cm³/mol. The van der Waals surface area contributed by atoms with Gasteiger partial charge in [0.1, 0.15) is 0 Å². The van der Waals surface area contributed by atoms with E-state index in [2.05, 4.69) is 6.07 Å². The lowest BCUT2D eigenvalue weighted by atomic mass is 10.1. The van der Waals surface area contributed by atoms with E-state index in [1.165, 1.54) is 0 Å². The normalized spacial score (nSPS) is 11.6. The summed E-state index contributed by atoms with van der Waals surface area (Å²) in [4.78, 5) is 0. The first-order valence-electron chi connectivity index (χ1n) is 6.88. The molecule has 2 heterocycles. The summed E-state index contributed by atoms with van der Waals surface area (Å²) in [6, 6.07) is 20.3. The number of fused-ring (bicyclic) bond motifs is 7. The van der Waals surface area contributed by atoms with Crippen molar-refractivity contribution >= 4 is 43.9 Å². The molecule has 5 rings (SSSR count). The minimum atomic E-state index is 0.487. The largest absolute Gasteiger partial charge is 0.289 e. The fraction of sp³-hybridized carbons (Fsp3) is 0. The van der Waals surface area contributed by atoms with Gasteiger partial charge in [-0.3, -0.25) is 18.3 Å². The Bertz CT molecular complexity index is 1180. The van der Waals surface area contributed by atoms with Crippen molar-refractivity contribution in [3.05, 3.63) is 60.7 Å². The third-order valence-corrected chi connectivity index (χ3v) is 3.81. The van der Waals surface area contributed by atoms with Gasteiger partial charge >= 0.3 is 0 Å². The quantitative estimate of drug-likeness (QED) is 0.275. The Kier molecular flexibility index (Phi) is 2.19. The number of para-hydroxylation sites is 2. The van der Waals surface area contributed by atoms with Crippen LogP contribution in [0.4, 0.5) is 0 Å². The summed E-state index contributed by atoms with van der Waals surface area (Å²) in [5.74, 6) is 0. The Morgan fingerprint density at radius 3 is 2.18 bits per heavy atom. The maximum atomic E-state index is 5.55. The molecule has 105 valence electrons. The summed E-state index contributed by atoms with van der Waals surface area (Å²) >= 11 is 0. The molecule has 0 aliphatic heterocycles. The lowest BCUT2D eigenvalue weighted by molar-refractivity contribution is 0.0858. The smallest absolute Gasteiger partial charge is 0.198 e. The molecule has 5 aromatic rings. The van der Waals surface area contributed by atoms with Gasteiger partial charge in [-0.2, -0.15) is 0 Å². The number of benzene rings is 3. The van der Waals surface area contributed by atoms with Crippen LogP contribution >= 0.6 is 0 Å². The summed E-state index contributed by atoms with van der Waals surface area (Å²) in [6.45, 7) is 0. The fourth-order valence-corrected chi connectivity index (χ4v) is 2.79. The highest BCUT2D eigenvalue weighted by molar-refractivity contribution is 6.18. The number of hydrogen-bond donors (Lipinski definition) is 0. The van der Waals surface area contributed by atoms with Gasteiger partial charge in [-0.05, 0) is 18.2 Å². The Hall–Kier alpha value is -3.14. The third kappa shape index (κ3) is 1.46. The van der Waals surface area contributed by atoms with Crippen LogP contribution in [0, 0.1) is 6.07 Å². The summed E-state index contributed by atoms with van der Waals surface area (Å²) in [5, 5.41) is 3.56. The van der Waals surface area contributed by atoms with Crippen molar-refractivity contribution in [2.75, 3.05) is 0 Å². The highest BCUT2D eigenvalue weighted by Crippen LogP contribution is 2.34.